The van der Waals surface area contributed by atoms with Crippen LogP contribution in [0.3, 0.4) is 0 Å². The molecule has 0 aliphatic heterocycles. The van der Waals surface area contributed by atoms with Gasteiger partial charge in [-0.2, -0.15) is 0 Å². The van der Waals surface area contributed by atoms with Crippen LogP contribution in [-0.2, 0) is 9.59 Å². The summed E-state index contributed by atoms with van der Waals surface area (Å²) in [5, 5.41) is 0. The number of esters is 2. The number of hydrogen-bond donors (Lipinski definition) is 0. The Hall–Kier alpha value is -1.84. The van der Waals surface area contributed by atoms with E-state index < -0.39 is 0 Å². The molecule has 1 rings (SSSR count). The highest BCUT2D eigenvalue weighted by molar-refractivity contribution is 5.76. The molecule has 0 fully saturated rings. The van der Waals surface area contributed by atoms with Crippen molar-refractivity contribution < 1.29 is 19.1 Å². The van der Waals surface area contributed by atoms with Gasteiger partial charge in [0.15, 0.2) is 11.5 Å². The molecule has 0 heterocycles. The Labute approximate surface area is 215 Å². The molecule has 0 bridgehead atoms. The highest BCUT2D eigenvalue weighted by Crippen LogP contribution is 2.29. The molecule has 200 valence electrons. The molecule has 35 heavy (non-hydrogen) atoms. The molecule has 0 spiro atoms. The SMILES string of the molecule is CCCCCCCCCCCC(=O)Oc1ccc(C)cc1OC(=O)CCCCCCCCCCC. The maximum atomic E-state index is 12.4. The normalized spacial score (nSPS) is 10.9. The van der Waals surface area contributed by atoms with Crippen molar-refractivity contribution in [2.45, 2.75) is 149 Å². The van der Waals surface area contributed by atoms with Gasteiger partial charge in [-0.25, -0.2) is 0 Å². The van der Waals surface area contributed by atoms with Crippen molar-refractivity contribution in [2.24, 2.45) is 0 Å². The molecule has 0 radical (unpaired) electrons. The van der Waals surface area contributed by atoms with E-state index in [1.165, 1.54) is 89.9 Å². The molecule has 0 atom stereocenters. The van der Waals surface area contributed by atoms with Gasteiger partial charge in [-0.05, 0) is 37.5 Å². The lowest BCUT2D eigenvalue weighted by atomic mass is 10.1. The third kappa shape index (κ3) is 17.3. The molecule has 0 N–H and O–H groups in total. The number of carbonyl (C=O) groups excluding carboxylic acids is 2. The molecular formula is C31H52O4. The summed E-state index contributed by atoms with van der Waals surface area (Å²) in [6.07, 6.45) is 22.6. The molecule has 4 nitrogen and oxygen atoms in total. The summed E-state index contributed by atoms with van der Waals surface area (Å²) in [6, 6.07) is 5.37. The summed E-state index contributed by atoms with van der Waals surface area (Å²) < 4.78 is 11.1. The van der Waals surface area contributed by atoms with Crippen molar-refractivity contribution in [3.8, 4) is 11.5 Å². The van der Waals surface area contributed by atoms with Crippen LogP contribution in [0.25, 0.3) is 0 Å². The zero-order valence-corrected chi connectivity index (χ0v) is 23.0. The van der Waals surface area contributed by atoms with E-state index in [4.69, 9.17) is 9.47 Å². The number of hydrogen-bond acceptors (Lipinski definition) is 4. The fourth-order valence-electron chi connectivity index (χ4n) is 4.29. The average molecular weight is 489 g/mol. The standard InChI is InChI=1S/C31H52O4/c1-4-6-8-10-12-14-16-18-20-22-30(32)34-28-25-24-27(3)26-29(28)35-31(33)23-21-19-17-15-13-11-9-7-5-2/h24-26H,4-23H2,1-3H3. The fraction of sp³-hybridized carbons (Fsp3) is 0.742. The quantitative estimate of drug-likeness (QED) is 0.0926. The molecule has 0 saturated heterocycles. The number of rotatable bonds is 22. The number of benzene rings is 1. The van der Waals surface area contributed by atoms with Crippen molar-refractivity contribution in [1.82, 2.24) is 0 Å². The number of aryl methyl sites for hydroxylation is 1. The molecule has 1 aromatic rings. The van der Waals surface area contributed by atoms with Crippen molar-refractivity contribution in [3.63, 3.8) is 0 Å². The summed E-state index contributed by atoms with van der Waals surface area (Å²) >= 11 is 0. The minimum atomic E-state index is -0.256. The second kappa shape index (κ2) is 21.4. The van der Waals surface area contributed by atoms with Gasteiger partial charge in [0.25, 0.3) is 0 Å². The van der Waals surface area contributed by atoms with Gasteiger partial charge in [-0.15, -0.1) is 0 Å². The molecule has 0 aromatic heterocycles. The molecule has 4 heteroatoms. The van der Waals surface area contributed by atoms with E-state index in [0.29, 0.717) is 24.3 Å². The van der Waals surface area contributed by atoms with Crippen LogP contribution in [0, 0.1) is 6.92 Å². The Morgan fingerprint density at radius 1 is 0.543 bits per heavy atom. The van der Waals surface area contributed by atoms with Gasteiger partial charge in [0.05, 0.1) is 0 Å². The fourth-order valence-corrected chi connectivity index (χ4v) is 4.29. The second-order valence-corrected chi connectivity index (χ2v) is 10.1. The lowest BCUT2D eigenvalue weighted by molar-refractivity contribution is -0.137. The monoisotopic (exact) mass is 488 g/mol. The van der Waals surface area contributed by atoms with Crippen LogP contribution >= 0.6 is 0 Å². The van der Waals surface area contributed by atoms with Crippen LogP contribution in [0.2, 0.25) is 0 Å². The zero-order chi connectivity index (χ0) is 25.6. The topological polar surface area (TPSA) is 52.6 Å². The third-order valence-electron chi connectivity index (χ3n) is 6.52. The molecule has 0 saturated carbocycles. The lowest BCUT2D eigenvalue weighted by Gasteiger charge is -2.11. The van der Waals surface area contributed by atoms with Gasteiger partial charge in [0, 0.05) is 12.8 Å². The highest BCUT2D eigenvalue weighted by atomic mass is 16.6. The number of ether oxygens (including phenoxy) is 2. The Bertz CT molecular complexity index is 683. The van der Waals surface area contributed by atoms with E-state index in [9.17, 15) is 9.59 Å². The van der Waals surface area contributed by atoms with Gasteiger partial charge in [-0.3, -0.25) is 9.59 Å². The van der Waals surface area contributed by atoms with Crippen molar-refractivity contribution in [3.05, 3.63) is 23.8 Å². The van der Waals surface area contributed by atoms with E-state index >= 15 is 0 Å². The van der Waals surface area contributed by atoms with Crippen LogP contribution < -0.4 is 9.47 Å². The first-order chi connectivity index (χ1) is 17.1. The summed E-state index contributed by atoms with van der Waals surface area (Å²) in [7, 11) is 0. The minimum absolute atomic E-state index is 0.255. The minimum Gasteiger partial charge on any atom is -0.423 e. The summed E-state index contributed by atoms with van der Waals surface area (Å²) in [5.41, 5.74) is 0.967. The van der Waals surface area contributed by atoms with E-state index in [1.807, 2.05) is 13.0 Å². The van der Waals surface area contributed by atoms with Crippen LogP contribution in [-0.4, -0.2) is 11.9 Å². The molecule has 0 aliphatic carbocycles. The van der Waals surface area contributed by atoms with Gasteiger partial charge < -0.3 is 9.47 Å². The van der Waals surface area contributed by atoms with Crippen molar-refractivity contribution in [2.75, 3.05) is 0 Å². The largest absolute Gasteiger partial charge is 0.423 e. The Balaban J connectivity index is 2.26. The predicted molar refractivity (Wildman–Crippen MR) is 146 cm³/mol. The zero-order valence-electron chi connectivity index (χ0n) is 23.0. The lowest BCUT2D eigenvalue weighted by Crippen LogP contribution is -2.12. The van der Waals surface area contributed by atoms with Gasteiger partial charge in [0.1, 0.15) is 0 Å². The average Bonchev–Trinajstić information content (AvgIpc) is 2.83. The summed E-state index contributed by atoms with van der Waals surface area (Å²) in [4.78, 5) is 24.7. The van der Waals surface area contributed by atoms with Gasteiger partial charge in [-0.1, -0.05) is 123 Å². The number of carbonyl (C=O) groups is 2. The smallest absolute Gasteiger partial charge is 0.311 e. The van der Waals surface area contributed by atoms with E-state index in [1.54, 1.807) is 12.1 Å². The first kappa shape index (κ1) is 31.2. The van der Waals surface area contributed by atoms with E-state index in [0.717, 1.165) is 31.2 Å². The maximum Gasteiger partial charge on any atom is 0.311 e. The molecule has 0 aliphatic rings. The van der Waals surface area contributed by atoms with Crippen LogP contribution in [0.1, 0.15) is 148 Å². The predicted octanol–water partition coefficient (Wildman–Crippen LogP) is 9.65. The molecular weight excluding hydrogens is 436 g/mol. The number of unbranched alkanes of at least 4 members (excludes halogenated alkanes) is 16. The first-order valence-corrected chi connectivity index (χ1v) is 14.6. The van der Waals surface area contributed by atoms with Crippen molar-refractivity contribution in [1.29, 1.82) is 0 Å². The Kier molecular flexibility index (Phi) is 19.1. The van der Waals surface area contributed by atoms with E-state index in [-0.39, 0.29) is 11.9 Å². The van der Waals surface area contributed by atoms with Crippen LogP contribution in [0.5, 0.6) is 11.5 Å². The second-order valence-electron chi connectivity index (χ2n) is 10.1. The molecule has 0 amide bonds. The third-order valence-corrected chi connectivity index (χ3v) is 6.52. The highest BCUT2D eigenvalue weighted by Gasteiger charge is 2.14. The van der Waals surface area contributed by atoms with E-state index in [2.05, 4.69) is 13.8 Å². The van der Waals surface area contributed by atoms with Crippen LogP contribution in [0.4, 0.5) is 0 Å². The summed E-state index contributed by atoms with van der Waals surface area (Å²) in [6.45, 7) is 6.41. The first-order valence-electron chi connectivity index (χ1n) is 14.6. The van der Waals surface area contributed by atoms with Gasteiger partial charge >= 0.3 is 11.9 Å². The Morgan fingerprint density at radius 2 is 0.914 bits per heavy atom. The van der Waals surface area contributed by atoms with Gasteiger partial charge in [0.2, 0.25) is 0 Å². The Morgan fingerprint density at radius 3 is 1.34 bits per heavy atom. The molecule has 0 unspecified atom stereocenters. The maximum absolute atomic E-state index is 12.4. The van der Waals surface area contributed by atoms with Crippen LogP contribution in [0.15, 0.2) is 18.2 Å². The van der Waals surface area contributed by atoms with Crippen molar-refractivity contribution >= 4 is 11.9 Å². The molecule has 1 aromatic carbocycles. The summed E-state index contributed by atoms with van der Waals surface area (Å²) in [5.74, 6) is 0.186.